The van der Waals surface area contributed by atoms with Crippen LogP contribution >= 0.6 is 0 Å². The summed E-state index contributed by atoms with van der Waals surface area (Å²) >= 11 is 0. The molecule has 1 aromatic heterocycles. The lowest BCUT2D eigenvalue weighted by molar-refractivity contribution is 0.715. The second-order valence-corrected chi connectivity index (χ2v) is 4.78. The Hall–Kier alpha value is -2.16. The maximum Gasteiger partial charge on any atom is 0.0652 e. The molecule has 0 aliphatic carbocycles. The number of rotatable bonds is 2. The fraction of sp³-hybridized carbons (Fsp3) is 0.250. The van der Waals surface area contributed by atoms with Crippen molar-refractivity contribution < 1.29 is 0 Å². The van der Waals surface area contributed by atoms with Gasteiger partial charge in [0.15, 0.2) is 0 Å². The summed E-state index contributed by atoms with van der Waals surface area (Å²) in [7, 11) is 0. The molecule has 2 heterocycles. The summed E-state index contributed by atoms with van der Waals surface area (Å²) in [6, 6.07) is 12.5. The third kappa shape index (κ3) is 2.50. The van der Waals surface area contributed by atoms with Crippen LogP contribution in [0.5, 0.6) is 0 Å². The van der Waals surface area contributed by atoms with E-state index in [4.69, 9.17) is 5.10 Å². The molecule has 1 aliphatic rings. The molecule has 0 spiro atoms. The van der Waals surface area contributed by atoms with E-state index in [-0.39, 0.29) is 0 Å². The zero-order valence-electron chi connectivity index (χ0n) is 11.1. The van der Waals surface area contributed by atoms with Crippen molar-refractivity contribution in [1.82, 2.24) is 4.98 Å². The number of hydrogen-bond acceptors (Lipinski definition) is 3. The molecule has 0 atom stereocenters. The average Bonchev–Trinajstić information content (AvgIpc) is 2.48. The molecule has 0 fully saturated rings. The third-order valence-electron chi connectivity index (χ3n) is 3.45. The van der Waals surface area contributed by atoms with Crippen LogP contribution in [0, 0.1) is 0 Å². The first-order valence-corrected chi connectivity index (χ1v) is 6.65. The Labute approximate surface area is 113 Å². The molecule has 0 N–H and O–H groups in total. The predicted octanol–water partition coefficient (Wildman–Crippen LogP) is 3.26. The van der Waals surface area contributed by atoms with Gasteiger partial charge in [-0.3, -0.25) is 9.99 Å². The summed E-state index contributed by atoms with van der Waals surface area (Å²) < 4.78 is 0. The van der Waals surface area contributed by atoms with Crippen molar-refractivity contribution in [2.45, 2.75) is 19.8 Å². The zero-order chi connectivity index (χ0) is 13.1. The number of fused-ring (bicyclic) bond motifs is 1. The van der Waals surface area contributed by atoms with Crippen molar-refractivity contribution in [3.8, 4) is 0 Å². The van der Waals surface area contributed by atoms with Gasteiger partial charge >= 0.3 is 0 Å². The summed E-state index contributed by atoms with van der Waals surface area (Å²) in [6.07, 6.45) is 5.91. The molecule has 96 valence electrons. The number of benzene rings is 1. The summed E-state index contributed by atoms with van der Waals surface area (Å²) in [5, 5.41) is 6.89. The molecule has 3 heteroatoms. The fourth-order valence-corrected chi connectivity index (χ4v) is 2.45. The van der Waals surface area contributed by atoms with Crippen molar-refractivity contribution in [2.75, 3.05) is 11.6 Å². The molecule has 0 radical (unpaired) electrons. The van der Waals surface area contributed by atoms with Crippen LogP contribution in [0.25, 0.3) is 0 Å². The van der Waals surface area contributed by atoms with Gasteiger partial charge in [-0.05, 0) is 43.5 Å². The van der Waals surface area contributed by atoms with Gasteiger partial charge in [0.1, 0.15) is 0 Å². The van der Waals surface area contributed by atoms with Gasteiger partial charge in [-0.25, -0.2) is 0 Å². The number of hydrazone groups is 1. The van der Waals surface area contributed by atoms with Gasteiger partial charge in [0.2, 0.25) is 0 Å². The quantitative estimate of drug-likeness (QED) is 0.766. The Morgan fingerprint density at radius 3 is 2.79 bits per heavy atom. The molecule has 0 saturated carbocycles. The number of aryl methyl sites for hydroxylation is 1. The summed E-state index contributed by atoms with van der Waals surface area (Å²) in [5.41, 5.74) is 4.78. The second-order valence-electron chi connectivity index (χ2n) is 4.78. The van der Waals surface area contributed by atoms with E-state index < -0.39 is 0 Å². The summed E-state index contributed by atoms with van der Waals surface area (Å²) in [5.74, 6) is 0. The lowest BCUT2D eigenvalue weighted by Gasteiger charge is -2.27. The van der Waals surface area contributed by atoms with Gasteiger partial charge in [0, 0.05) is 24.5 Å². The van der Waals surface area contributed by atoms with Gasteiger partial charge in [0.25, 0.3) is 0 Å². The number of aromatic nitrogens is 1. The van der Waals surface area contributed by atoms with Gasteiger partial charge in [0.05, 0.1) is 11.4 Å². The highest BCUT2D eigenvalue weighted by molar-refractivity contribution is 5.99. The highest BCUT2D eigenvalue weighted by Crippen LogP contribution is 2.27. The van der Waals surface area contributed by atoms with E-state index in [1.54, 1.807) is 12.4 Å². The minimum atomic E-state index is 0.986. The highest BCUT2D eigenvalue weighted by atomic mass is 15.5. The average molecular weight is 251 g/mol. The first-order chi connectivity index (χ1) is 9.34. The van der Waals surface area contributed by atoms with Crippen LogP contribution in [-0.2, 0) is 6.42 Å². The van der Waals surface area contributed by atoms with Gasteiger partial charge in [-0.1, -0.05) is 18.2 Å². The lowest BCUT2D eigenvalue weighted by Crippen LogP contribution is -2.25. The number of para-hydroxylation sites is 1. The molecule has 19 heavy (non-hydrogen) atoms. The fourth-order valence-electron chi connectivity index (χ4n) is 2.45. The summed E-state index contributed by atoms with van der Waals surface area (Å²) in [4.78, 5) is 4.04. The molecule has 0 unspecified atom stereocenters. The van der Waals surface area contributed by atoms with Crippen molar-refractivity contribution in [3.63, 3.8) is 0 Å². The van der Waals surface area contributed by atoms with E-state index in [0.717, 1.165) is 30.7 Å². The van der Waals surface area contributed by atoms with Crippen LogP contribution in [0.2, 0.25) is 0 Å². The molecule has 0 saturated heterocycles. The molecule has 3 rings (SSSR count). The third-order valence-corrected chi connectivity index (χ3v) is 3.45. The molecule has 3 nitrogen and oxygen atoms in total. The molecule has 2 aromatic rings. The molecule has 1 aromatic carbocycles. The first-order valence-electron chi connectivity index (χ1n) is 6.65. The van der Waals surface area contributed by atoms with Crippen LogP contribution in [0.3, 0.4) is 0 Å². The van der Waals surface area contributed by atoms with Crippen LogP contribution < -0.4 is 5.01 Å². The molecule has 1 aliphatic heterocycles. The smallest absolute Gasteiger partial charge is 0.0652 e. The maximum absolute atomic E-state index is 4.77. The van der Waals surface area contributed by atoms with Crippen LogP contribution in [0.4, 0.5) is 5.69 Å². The van der Waals surface area contributed by atoms with Gasteiger partial charge in [-0.15, -0.1) is 0 Å². The van der Waals surface area contributed by atoms with E-state index >= 15 is 0 Å². The van der Waals surface area contributed by atoms with Crippen molar-refractivity contribution in [3.05, 3.63) is 59.9 Å². The SMILES string of the molecule is CC(=NN1CCCc2ccccc21)c1ccncc1. The zero-order valence-corrected chi connectivity index (χ0v) is 11.1. The Morgan fingerprint density at radius 1 is 1.16 bits per heavy atom. The first kappa shape index (κ1) is 11.9. The number of anilines is 1. The van der Waals surface area contributed by atoms with Crippen LogP contribution in [0.15, 0.2) is 53.9 Å². The molecular weight excluding hydrogens is 234 g/mol. The molecule has 0 bridgehead atoms. The second kappa shape index (κ2) is 5.22. The van der Waals surface area contributed by atoms with Crippen molar-refractivity contribution in [1.29, 1.82) is 0 Å². The number of pyridine rings is 1. The lowest BCUT2D eigenvalue weighted by atomic mass is 10.0. The highest BCUT2D eigenvalue weighted by Gasteiger charge is 2.15. The van der Waals surface area contributed by atoms with Crippen molar-refractivity contribution in [2.24, 2.45) is 5.10 Å². The minimum absolute atomic E-state index is 0.986. The Kier molecular flexibility index (Phi) is 3.27. The Morgan fingerprint density at radius 2 is 1.95 bits per heavy atom. The number of hydrogen-bond donors (Lipinski definition) is 0. The Balaban J connectivity index is 1.92. The topological polar surface area (TPSA) is 28.5 Å². The van der Waals surface area contributed by atoms with Gasteiger partial charge in [-0.2, -0.15) is 5.10 Å². The maximum atomic E-state index is 4.77. The van der Waals surface area contributed by atoms with Crippen molar-refractivity contribution >= 4 is 11.4 Å². The van der Waals surface area contributed by atoms with Gasteiger partial charge < -0.3 is 0 Å². The normalized spacial score (nSPS) is 15.2. The standard InChI is InChI=1S/C16H17N3/c1-13(14-8-10-17-11-9-14)18-19-12-4-6-15-5-2-3-7-16(15)19/h2-3,5,7-11H,4,6,12H2,1H3. The molecular formula is C16H17N3. The summed E-state index contributed by atoms with van der Waals surface area (Å²) in [6.45, 7) is 3.03. The van der Waals surface area contributed by atoms with E-state index in [9.17, 15) is 0 Å². The molecule has 0 amide bonds. The monoisotopic (exact) mass is 251 g/mol. The van der Waals surface area contributed by atoms with Crippen LogP contribution in [-0.4, -0.2) is 17.2 Å². The van der Waals surface area contributed by atoms with E-state index in [1.165, 1.54) is 11.3 Å². The number of nitrogens with zero attached hydrogens (tertiary/aromatic N) is 3. The largest absolute Gasteiger partial charge is 0.265 e. The van der Waals surface area contributed by atoms with E-state index in [1.807, 2.05) is 19.1 Å². The predicted molar refractivity (Wildman–Crippen MR) is 78.6 cm³/mol. The van der Waals surface area contributed by atoms with E-state index in [0.29, 0.717) is 0 Å². The van der Waals surface area contributed by atoms with Crippen LogP contribution in [0.1, 0.15) is 24.5 Å². The Bertz CT molecular complexity index is 590. The van der Waals surface area contributed by atoms with E-state index in [2.05, 4.69) is 34.3 Å². The minimum Gasteiger partial charge on any atom is -0.265 e.